The molecule has 0 aliphatic carbocycles. The molecule has 0 unspecified atom stereocenters. The molecule has 0 spiro atoms. The van der Waals surface area contributed by atoms with Crippen LogP contribution in [0.15, 0.2) is 29.3 Å². The summed E-state index contributed by atoms with van der Waals surface area (Å²) in [4.78, 5) is 15.9. The molecule has 4 heteroatoms. The number of hydrogen-bond acceptors (Lipinski definition) is 3. The predicted molar refractivity (Wildman–Crippen MR) is 63.4 cm³/mol. The zero-order valence-electron chi connectivity index (χ0n) is 8.49. The molecule has 1 heterocycles. The number of aryl methyl sites for hydroxylation is 1. The summed E-state index contributed by atoms with van der Waals surface area (Å²) in [5.41, 5.74) is 1.83. The molecular formula is C11H12N2OS. The smallest absolute Gasteiger partial charge is 0.257 e. The molecular weight excluding hydrogens is 208 g/mol. The van der Waals surface area contributed by atoms with Gasteiger partial charge in [0.2, 0.25) is 0 Å². The van der Waals surface area contributed by atoms with Gasteiger partial charge in [0.1, 0.15) is 0 Å². The minimum atomic E-state index is -0.0804. The fourth-order valence-electron chi connectivity index (χ4n) is 1.28. The first-order chi connectivity index (χ1) is 7.25. The van der Waals surface area contributed by atoms with E-state index in [9.17, 15) is 4.79 Å². The number of carbonyl (C=O) groups is 1. The number of rotatable bonds is 1. The number of hydrogen-bond donors (Lipinski definition) is 1. The number of nitrogens with zero attached hydrogens (tertiary/aromatic N) is 1. The lowest BCUT2D eigenvalue weighted by molar-refractivity contribution is 0.0978. The minimum Gasteiger partial charge on any atom is -0.301 e. The van der Waals surface area contributed by atoms with Crippen LogP contribution in [-0.4, -0.2) is 23.4 Å². The van der Waals surface area contributed by atoms with Crippen molar-refractivity contribution < 1.29 is 4.79 Å². The van der Waals surface area contributed by atoms with E-state index in [1.54, 1.807) is 11.8 Å². The Kier molecular flexibility index (Phi) is 3.06. The van der Waals surface area contributed by atoms with Gasteiger partial charge in [-0.1, -0.05) is 29.5 Å². The van der Waals surface area contributed by atoms with Gasteiger partial charge in [0.05, 0.1) is 6.54 Å². The van der Waals surface area contributed by atoms with Crippen LogP contribution in [0.3, 0.4) is 0 Å². The largest absolute Gasteiger partial charge is 0.301 e. The van der Waals surface area contributed by atoms with Gasteiger partial charge >= 0.3 is 0 Å². The molecule has 0 fully saturated rings. The molecule has 0 aromatic heterocycles. The average molecular weight is 220 g/mol. The van der Waals surface area contributed by atoms with E-state index < -0.39 is 0 Å². The van der Waals surface area contributed by atoms with E-state index in [1.807, 2.05) is 31.2 Å². The van der Waals surface area contributed by atoms with Crippen molar-refractivity contribution in [1.82, 2.24) is 5.32 Å². The SMILES string of the molecule is Cc1ccc(C(=O)NC2=NCCS2)cc1. The van der Waals surface area contributed by atoms with Crippen LogP contribution in [0, 0.1) is 6.92 Å². The maximum Gasteiger partial charge on any atom is 0.257 e. The van der Waals surface area contributed by atoms with E-state index in [4.69, 9.17) is 0 Å². The molecule has 1 aromatic rings. The molecule has 1 N–H and O–H groups in total. The maximum absolute atomic E-state index is 11.7. The number of benzene rings is 1. The summed E-state index contributed by atoms with van der Waals surface area (Å²) >= 11 is 1.59. The highest BCUT2D eigenvalue weighted by Gasteiger charge is 2.11. The van der Waals surface area contributed by atoms with Crippen LogP contribution in [0.2, 0.25) is 0 Å². The number of amidine groups is 1. The second-order valence-corrected chi connectivity index (χ2v) is 4.44. The molecule has 0 radical (unpaired) electrons. The Morgan fingerprint density at radius 3 is 2.73 bits per heavy atom. The first-order valence-electron chi connectivity index (χ1n) is 4.81. The monoisotopic (exact) mass is 220 g/mol. The van der Waals surface area contributed by atoms with Gasteiger partial charge in [-0.25, -0.2) is 0 Å². The Bertz CT molecular complexity index is 398. The third-order valence-electron chi connectivity index (χ3n) is 2.12. The summed E-state index contributed by atoms with van der Waals surface area (Å²) in [6.07, 6.45) is 0. The quantitative estimate of drug-likeness (QED) is 0.784. The number of carbonyl (C=O) groups excluding carboxylic acids is 1. The van der Waals surface area contributed by atoms with Gasteiger partial charge < -0.3 is 5.32 Å². The fourth-order valence-corrected chi connectivity index (χ4v) is 2.01. The van der Waals surface area contributed by atoms with Crippen LogP contribution in [0.1, 0.15) is 15.9 Å². The van der Waals surface area contributed by atoms with Gasteiger partial charge in [0.25, 0.3) is 5.91 Å². The summed E-state index contributed by atoms with van der Waals surface area (Å²) in [5.74, 6) is 0.881. The highest BCUT2D eigenvalue weighted by Crippen LogP contribution is 2.10. The average Bonchev–Trinajstić information content (AvgIpc) is 2.71. The van der Waals surface area contributed by atoms with Crippen LogP contribution in [0.5, 0.6) is 0 Å². The van der Waals surface area contributed by atoms with Crippen molar-refractivity contribution in [2.75, 3.05) is 12.3 Å². The van der Waals surface area contributed by atoms with Crippen molar-refractivity contribution in [2.45, 2.75) is 6.92 Å². The highest BCUT2D eigenvalue weighted by molar-refractivity contribution is 8.14. The predicted octanol–water partition coefficient (Wildman–Crippen LogP) is 1.83. The van der Waals surface area contributed by atoms with Crippen molar-refractivity contribution in [3.63, 3.8) is 0 Å². The summed E-state index contributed by atoms with van der Waals surface area (Å²) in [5, 5.41) is 3.53. The zero-order chi connectivity index (χ0) is 10.7. The lowest BCUT2D eigenvalue weighted by atomic mass is 10.1. The first-order valence-corrected chi connectivity index (χ1v) is 5.79. The molecule has 78 valence electrons. The van der Waals surface area contributed by atoms with Gasteiger partial charge in [-0.15, -0.1) is 0 Å². The van der Waals surface area contributed by atoms with Crippen molar-refractivity contribution in [3.05, 3.63) is 35.4 Å². The van der Waals surface area contributed by atoms with Crippen LogP contribution >= 0.6 is 11.8 Å². The van der Waals surface area contributed by atoms with E-state index in [0.29, 0.717) is 5.56 Å². The van der Waals surface area contributed by atoms with Crippen molar-refractivity contribution in [1.29, 1.82) is 0 Å². The Labute approximate surface area is 93.0 Å². The maximum atomic E-state index is 11.7. The molecule has 2 rings (SSSR count). The Hall–Kier alpha value is -1.29. The molecule has 1 aromatic carbocycles. The van der Waals surface area contributed by atoms with E-state index >= 15 is 0 Å². The highest BCUT2D eigenvalue weighted by atomic mass is 32.2. The Balaban J connectivity index is 2.04. The summed E-state index contributed by atoms with van der Waals surface area (Å²) < 4.78 is 0. The molecule has 1 aliphatic heterocycles. The molecule has 1 amide bonds. The van der Waals surface area contributed by atoms with Gasteiger partial charge in [-0.05, 0) is 19.1 Å². The van der Waals surface area contributed by atoms with Crippen LogP contribution in [0.4, 0.5) is 0 Å². The molecule has 0 atom stereocenters. The second-order valence-electron chi connectivity index (χ2n) is 3.36. The lowest BCUT2D eigenvalue weighted by Gasteiger charge is -2.03. The molecule has 3 nitrogen and oxygen atoms in total. The van der Waals surface area contributed by atoms with Crippen molar-refractivity contribution >= 4 is 22.8 Å². The first kappa shape index (κ1) is 10.2. The van der Waals surface area contributed by atoms with Gasteiger partial charge in [0, 0.05) is 11.3 Å². The normalized spacial score (nSPS) is 14.9. The standard InChI is InChI=1S/C11H12N2OS/c1-8-2-4-9(5-3-8)10(14)13-11-12-6-7-15-11/h2-5H,6-7H2,1H3,(H,12,13,14). The van der Waals surface area contributed by atoms with E-state index in [2.05, 4.69) is 10.3 Å². The molecule has 0 saturated heterocycles. The van der Waals surface area contributed by atoms with Crippen LogP contribution in [0.25, 0.3) is 0 Å². The van der Waals surface area contributed by atoms with E-state index in [0.717, 1.165) is 23.0 Å². The van der Waals surface area contributed by atoms with Gasteiger partial charge in [0.15, 0.2) is 5.17 Å². The number of aliphatic imine (C=N–C) groups is 1. The van der Waals surface area contributed by atoms with Crippen LogP contribution < -0.4 is 5.32 Å². The van der Waals surface area contributed by atoms with Gasteiger partial charge in [-0.3, -0.25) is 9.79 Å². The third-order valence-corrected chi connectivity index (χ3v) is 3.01. The summed E-state index contributed by atoms with van der Waals surface area (Å²) in [6.45, 7) is 2.80. The Morgan fingerprint density at radius 1 is 1.40 bits per heavy atom. The number of nitrogens with one attached hydrogen (secondary N) is 1. The zero-order valence-corrected chi connectivity index (χ0v) is 9.30. The second kappa shape index (κ2) is 4.49. The Morgan fingerprint density at radius 2 is 2.13 bits per heavy atom. The van der Waals surface area contributed by atoms with Crippen LogP contribution in [-0.2, 0) is 0 Å². The summed E-state index contributed by atoms with van der Waals surface area (Å²) in [6, 6.07) is 7.51. The van der Waals surface area contributed by atoms with Gasteiger partial charge in [-0.2, -0.15) is 0 Å². The molecule has 0 bridgehead atoms. The number of amides is 1. The van der Waals surface area contributed by atoms with E-state index in [1.165, 1.54) is 0 Å². The van der Waals surface area contributed by atoms with E-state index in [-0.39, 0.29) is 5.91 Å². The molecule has 0 saturated carbocycles. The lowest BCUT2D eigenvalue weighted by Crippen LogP contribution is -2.27. The molecule has 15 heavy (non-hydrogen) atoms. The summed E-state index contributed by atoms with van der Waals surface area (Å²) in [7, 11) is 0. The number of thioether (sulfide) groups is 1. The molecule has 1 aliphatic rings. The van der Waals surface area contributed by atoms with Crippen molar-refractivity contribution in [2.24, 2.45) is 4.99 Å². The van der Waals surface area contributed by atoms with Crippen molar-refractivity contribution in [3.8, 4) is 0 Å². The fraction of sp³-hybridized carbons (Fsp3) is 0.273. The minimum absolute atomic E-state index is 0.0804. The topological polar surface area (TPSA) is 41.5 Å². The third kappa shape index (κ3) is 2.59.